The van der Waals surface area contributed by atoms with Crippen molar-refractivity contribution in [2.24, 2.45) is 5.10 Å². The van der Waals surface area contributed by atoms with Gasteiger partial charge in [0, 0.05) is 37.8 Å². The molecule has 1 fully saturated rings. The summed E-state index contributed by atoms with van der Waals surface area (Å²) in [5, 5.41) is 25.9. The number of benzene rings is 1. The molecular weight excluding hydrogens is 314 g/mol. The number of nitrogens with two attached hydrogens (primary N) is 1. The van der Waals surface area contributed by atoms with Crippen molar-refractivity contribution in [2.45, 2.75) is 0 Å². The fraction of sp³-hybridized carbons (Fsp3) is 0.385. The normalized spacial score (nSPS) is 16.0. The Kier molecular flexibility index (Phi) is 4.33. The van der Waals surface area contributed by atoms with Crippen LogP contribution in [-0.4, -0.2) is 69.6 Å². The van der Waals surface area contributed by atoms with Crippen molar-refractivity contribution in [2.75, 3.05) is 43.9 Å². The lowest BCUT2D eigenvalue weighted by Gasteiger charge is -2.33. The van der Waals surface area contributed by atoms with Gasteiger partial charge in [0.25, 0.3) is 11.6 Å². The molecule has 1 aliphatic rings. The van der Waals surface area contributed by atoms with E-state index in [1.165, 1.54) is 12.3 Å². The van der Waals surface area contributed by atoms with Crippen LogP contribution in [0.5, 0.6) is 0 Å². The Bertz CT molecular complexity index is 765. The van der Waals surface area contributed by atoms with E-state index in [1.54, 1.807) is 12.1 Å². The highest BCUT2D eigenvalue weighted by Crippen LogP contribution is 2.29. The van der Waals surface area contributed by atoms with Crippen LogP contribution in [0.4, 0.5) is 17.3 Å². The van der Waals surface area contributed by atoms with E-state index in [9.17, 15) is 10.1 Å². The molecule has 0 spiro atoms. The minimum Gasteiger partial charge on any atom is -0.365 e. The van der Waals surface area contributed by atoms with Crippen molar-refractivity contribution < 1.29 is 4.92 Å². The van der Waals surface area contributed by atoms with Crippen molar-refractivity contribution >= 4 is 23.5 Å². The van der Waals surface area contributed by atoms with E-state index in [2.05, 4.69) is 25.5 Å². The first-order valence-corrected chi connectivity index (χ1v) is 7.35. The molecule has 1 saturated heterocycles. The molecule has 0 amide bonds. The molecule has 24 heavy (non-hydrogen) atoms. The number of rotatable bonds is 4. The molecule has 11 heteroatoms. The maximum Gasteiger partial charge on any atom is 0.293 e. The average Bonchev–Trinajstić information content (AvgIpc) is 2.98. The first kappa shape index (κ1) is 15.8. The van der Waals surface area contributed by atoms with Gasteiger partial charge in [0.15, 0.2) is 0 Å². The van der Waals surface area contributed by atoms with Gasteiger partial charge >= 0.3 is 0 Å². The highest BCUT2D eigenvalue weighted by Gasteiger charge is 2.22. The second-order valence-corrected chi connectivity index (χ2v) is 5.47. The maximum absolute atomic E-state index is 11.4. The van der Waals surface area contributed by atoms with E-state index in [0.717, 1.165) is 31.0 Å². The lowest BCUT2D eigenvalue weighted by Crippen LogP contribution is -2.44. The van der Waals surface area contributed by atoms with Gasteiger partial charge in [0.1, 0.15) is 5.69 Å². The summed E-state index contributed by atoms with van der Waals surface area (Å²) in [5.41, 5.74) is 6.74. The molecule has 11 nitrogen and oxygen atoms in total. The summed E-state index contributed by atoms with van der Waals surface area (Å²) in [6, 6.07) is 5.00. The smallest absolute Gasteiger partial charge is 0.293 e. The largest absolute Gasteiger partial charge is 0.365 e. The number of piperazine rings is 1. The third-order valence-corrected chi connectivity index (χ3v) is 3.83. The molecule has 3 rings (SSSR count). The van der Waals surface area contributed by atoms with E-state index in [4.69, 9.17) is 5.73 Å². The summed E-state index contributed by atoms with van der Waals surface area (Å²) in [6.07, 6.45) is 1.42. The van der Waals surface area contributed by atoms with Crippen LogP contribution < -0.4 is 10.6 Å². The monoisotopic (exact) mass is 331 g/mol. The zero-order valence-corrected chi connectivity index (χ0v) is 13.1. The van der Waals surface area contributed by atoms with Crippen molar-refractivity contribution in [3.8, 4) is 0 Å². The maximum atomic E-state index is 11.4. The minimum atomic E-state index is -0.379. The van der Waals surface area contributed by atoms with Gasteiger partial charge in [-0.2, -0.15) is 5.10 Å². The van der Waals surface area contributed by atoms with Gasteiger partial charge < -0.3 is 15.5 Å². The Morgan fingerprint density at radius 1 is 1.33 bits per heavy atom. The van der Waals surface area contributed by atoms with E-state index < -0.39 is 0 Å². The number of nitrogens with zero attached hydrogens (tertiary/aromatic N) is 8. The number of nitrogen functional groups attached to an aromatic ring is 1. The summed E-state index contributed by atoms with van der Waals surface area (Å²) in [6.45, 7) is 3.26. The Balaban J connectivity index is 1.86. The van der Waals surface area contributed by atoms with Crippen LogP contribution in [0.2, 0.25) is 0 Å². The van der Waals surface area contributed by atoms with E-state index in [-0.39, 0.29) is 16.6 Å². The molecule has 0 radical (unpaired) electrons. The highest BCUT2D eigenvalue weighted by atomic mass is 16.6. The number of hydrogen-bond donors (Lipinski definition) is 1. The Labute approximate surface area is 137 Å². The molecule has 2 heterocycles. The standard InChI is InChI=1S/C13H17N9O2/c1-19-4-6-20(7-5-19)11-3-2-10(8-12(11)22(23)24)9-15-21-13(14)16-17-18-21/h2-3,8-9H,4-7H2,1H3,(H2,14,16,18)/b15-9-. The number of anilines is 2. The van der Waals surface area contributed by atoms with Gasteiger partial charge in [-0.3, -0.25) is 10.1 Å². The molecule has 0 aliphatic carbocycles. The Hall–Kier alpha value is -3.08. The molecule has 0 saturated carbocycles. The van der Waals surface area contributed by atoms with Crippen LogP contribution in [0.15, 0.2) is 23.3 Å². The van der Waals surface area contributed by atoms with Crippen molar-refractivity contribution in [1.29, 1.82) is 0 Å². The molecule has 1 aromatic heterocycles. The van der Waals surface area contributed by atoms with Crippen molar-refractivity contribution in [3.63, 3.8) is 0 Å². The van der Waals surface area contributed by atoms with Crippen molar-refractivity contribution in [3.05, 3.63) is 33.9 Å². The van der Waals surface area contributed by atoms with E-state index in [0.29, 0.717) is 11.3 Å². The number of likely N-dealkylation sites (N-methyl/N-ethyl adjacent to an activating group) is 1. The topological polar surface area (TPSA) is 132 Å². The van der Waals surface area contributed by atoms with Crippen LogP contribution in [0, 0.1) is 10.1 Å². The van der Waals surface area contributed by atoms with Gasteiger partial charge in [-0.05, 0) is 23.5 Å². The molecule has 126 valence electrons. The summed E-state index contributed by atoms with van der Waals surface area (Å²) >= 11 is 0. The summed E-state index contributed by atoms with van der Waals surface area (Å²) in [7, 11) is 2.04. The lowest BCUT2D eigenvalue weighted by molar-refractivity contribution is -0.384. The van der Waals surface area contributed by atoms with Crippen LogP contribution in [-0.2, 0) is 0 Å². The average molecular weight is 331 g/mol. The minimum absolute atomic E-state index is 0.0369. The van der Waals surface area contributed by atoms with Gasteiger partial charge in [-0.25, -0.2) is 0 Å². The molecule has 0 atom stereocenters. The first-order valence-electron chi connectivity index (χ1n) is 7.35. The summed E-state index contributed by atoms with van der Waals surface area (Å²) in [5.74, 6) is 0.0369. The highest BCUT2D eigenvalue weighted by molar-refractivity contribution is 5.83. The van der Waals surface area contributed by atoms with E-state index in [1.807, 2.05) is 11.9 Å². The zero-order chi connectivity index (χ0) is 17.1. The van der Waals surface area contributed by atoms with Crippen LogP contribution in [0.1, 0.15) is 5.56 Å². The molecule has 1 aromatic carbocycles. The first-order chi connectivity index (χ1) is 11.5. The zero-order valence-electron chi connectivity index (χ0n) is 13.1. The van der Waals surface area contributed by atoms with E-state index >= 15 is 0 Å². The second-order valence-electron chi connectivity index (χ2n) is 5.47. The molecule has 2 N–H and O–H groups in total. The molecule has 0 unspecified atom stereocenters. The van der Waals surface area contributed by atoms with Crippen LogP contribution in [0.25, 0.3) is 0 Å². The fourth-order valence-electron chi connectivity index (χ4n) is 2.47. The SMILES string of the molecule is CN1CCN(c2ccc(/C=N\n3nnnc3N)cc2[N+](=O)[O-])CC1. The third kappa shape index (κ3) is 3.30. The third-order valence-electron chi connectivity index (χ3n) is 3.83. The Morgan fingerprint density at radius 2 is 2.08 bits per heavy atom. The quantitative estimate of drug-likeness (QED) is 0.463. The number of tetrazole rings is 1. The number of aromatic nitrogens is 4. The number of nitro benzene ring substituents is 1. The molecule has 0 bridgehead atoms. The summed E-state index contributed by atoms with van der Waals surface area (Å²) < 4.78 is 0. The van der Waals surface area contributed by atoms with Gasteiger partial charge in [0.05, 0.1) is 11.1 Å². The lowest BCUT2D eigenvalue weighted by atomic mass is 10.1. The predicted octanol–water partition coefficient (Wildman–Crippen LogP) is -0.202. The fourth-order valence-corrected chi connectivity index (χ4v) is 2.47. The molecular formula is C13H17N9O2. The second kappa shape index (κ2) is 6.58. The molecule has 2 aromatic rings. The number of nitro groups is 1. The number of hydrogen-bond acceptors (Lipinski definition) is 9. The van der Waals surface area contributed by atoms with Crippen LogP contribution >= 0.6 is 0 Å². The van der Waals surface area contributed by atoms with Crippen molar-refractivity contribution in [1.82, 2.24) is 25.2 Å². The predicted molar refractivity (Wildman–Crippen MR) is 88.0 cm³/mol. The van der Waals surface area contributed by atoms with Gasteiger partial charge in [-0.1, -0.05) is 16.0 Å². The van der Waals surface area contributed by atoms with Crippen LogP contribution in [0.3, 0.4) is 0 Å². The van der Waals surface area contributed by atoms with Gasteiger partial charge in [-0.15, -0.1) is 0 Å². The molecule has 1 aliphatic heterocycles. The Morgan fingerprint density at radius 3 is 2.71 bits per heavy atom. The van der Waals surface area contributed by atoms with Gasteiger partial charge in [0.2, 0.25) is 0 Å². The summed E-state index contributed by atoms with van der Waals surface area (Å²) in [4.78, 5) is 16.3.